The number of hydrogen-bond acceptors (Lipinski definition) is 5. The molecule has 1 aromatic heterocycles. The van der Waals surface area contributed by atoms with Crippen LogP contribution in [0, 0.1) is 0 Å². The number of ether oxygens (including phenoxy) is 1. The molecule has 6 nitrogen and oxygen atoms in total. The number of Topliss-reactive ketones (excluding diaryl/α,β-unsaturated/α-hetero) is 1. The number of likely N-dealkylation sites (tertiary alicyclic amines) is 1. The van der Waals surface area contributed by atoms with Crippen molar-refractivity contribution < 1.29 is 23.8 Å². The first kappa shape index (κ1) is 19.9. The molecule has 0 radical (unpaired) electrons. The van der Waals surface area contributed by atoms with Gasteiger partial charge in [0.1, 0.15) is 17.6 Å². The first-order chi connectivity index (χ1) is 13.4. The fraction of sp³-hybridized carbons (Fsp3) is 0.364. The largest absolute Gasteiger partial charge is 0.507 e. The highest BCUT2D eigenvalue weighted by atomic mass is 16.5. The molecule has 1 saturated heterocycles. The Balaban J connectivity index is 2.01. The van der Waals surface area contributed by atoms with E-state index in [1.807, 2.05) is 32.9 Å². The number of nitrogens with zero attached hydrogens (tertiary/aromatic N) is 1. The zero-order valence-electron chi connectivity index (χ0n) is 16.3. The van der Waals surface area contributed by atoms with E-state index in [0.717, 1.165) is 12.0 Å². The minimum absolute atomic E-state index is 0.0102. The zero-order valence-corrected chi connectivity index (χ0v) is 16.3. The van der Waals surface area contributed by atoms with Gasteiger partial charge in [-0.15, -0.1) is 0 Å². The number of aryl methyl sites for hydroxylation is 1. The van der Waals surface area contributed by atoms with Crippen LogP contribution in [0.2, 0.25) is 0 Å². The number of ketones is 1. The fourth-order valence-corrected chi connectivity index (χ4v) is 3.29. The van der Waals surface area contributed by atoms with Gasteiger partial charge in [-0.2, -0.15) is 0 Å². The van der Waals surface area contributed by atoms with E-state index in [4.69, 9.17) is 9.15 Å². The Labute approximate surface area is 164 Å². The van der Waals surface area contributed by atoms with Gasteiger partial charge in [0.25, 0.3) is 11.7 Å². The van der Waals surface area contributed by atoms with Gasteiger partial charge < -0.3 is 19.2 Å². The number of furan rings is 1. The lowest BCUT2D eigenvalue weighted by molar-refractivity contribution is -0.140. The van der Waals surface area contributed by atoms with Gasteiger partial charge in [-0.3, -0.25) is 9.59 Å². The summed E-state index contributed by atoms with van der Waals surface area (Å²) in [6.07, 6.45) is 2.36. The molecule has 1 fully saturated rings. The predicted octanol–water partition coefficient (Wildman–Crippen LogP) is 3.69. The van der Waals surface area contributed by atoms with Crippen LogP contribution in [-0.4, -0.2) is 41.0 Å². The number of aliphatic hydroxyl groups excluding tert-OH is 1. The second kappa shape index (κ2) is 8.44. The number of amides is 1. The lowest BCUT2D eigenvalue weighted by Gasteiger charge is -2.23. The molecule has 1 N–H and O–H groups in total. The Morgan fingerprint density at radius 2 is 1.93 bits per heavy atom. The summed E-state index contributed by atoms with van der Waals surface area (Å²) in [7, 11) is 0. The number of hydrogen-bond donors (Lipinski definition) is 1. The number of carbonyl (C=O) groups excluding carboxylic acids is 2. The van der Waals surface area contributed by atoms with Crippen LogP contribution in [0.1, 0.15) is 43.7 Å². The number of benzene rings is 1. The number of carbonyl (C=O) groups is 2. The molecule has 0 bridgehead atoms. The first-order valence-corrected chi connectivity index (χ1v) is 9.46. The molecule has 28 heavy (non-hydrogen) atoms. The quantitative estimate of drug-likeness (QED) is 0.448. The Bertz CT molecular complexity index is 865. The maximum absolute atomic E-state index is 12.8. The first-order valence-electron chi connectivity index (χ1n) is 9.46. The molecule has 148 valence electrons. The van der Waals surface area contributed by atoms with Gasteiger partial charge in [0.15, 0.2) is 0 Å². The van der Waals surface area contributed by atoms with Crippen molar-refractivity contribution >= 4 is 17.4 Å². The topological polar surface area (TPSA) is 80.0 Å². The van der Waals surface area contributed by atoms with Gasteiger partial charge >= 0.3 is 0 Å². The SMILES string of the molecule is CCc1ccc(/C(O)=C2/C(=O)C(=O)N(CCOC(C)C)C2c2ccco2)cc1. The van der Waals surface area contributed by atoms with Crippen LogP contribution in [0.4, 0.5) is 0 Å². The highest BCUT2D eigenvalue weighted by Gasteiger charge is 2.47. The van der Waals surface area contributed by atoms with Crippen LogP contribution in [0.5, 0.6) is 0 Å². The van der Waals surface area contributed by atoms with Gasteiger partial charge in [0.05, 0.1) is 24.5 Å². The van der Waals surface area contributed by atoms with Gasteiger partial charge in [-0.1, -0.05) is 31.2 Å². The molecular formula is C22H25NO5. The van der Waals surface area contributed by atoms with Crippen LogP contribution < -0.4 is 0 Å². The number of rotatable bonds is 7. The zero-order chi connectivity index (χ0) is 20.3. The van der Waals surface area contributed by atoms with Crippen LogP contribution in [-0.2, 0) is 20.7 Å². The molecule has 1 atom stereocenters. The van der Waals surface area contributed by atoms with E-state index < -0.39 is 17.7 Å². The predicted molar refractivity (Wildman–Crippen MR) is 105 cm³/mol. The van der Waals surface area contributed by atoms with Gasteiger partial charge in [0.2, 0.25) is 0 Å². The fourth-order valence-electron chi connectivity index (χ4n) is 3.29. The lowest BCUT2D eigenvalue weighted by Crippen LogP contribution is -2.33. The Morgan fingerprint density at radius 3 is 2.50 bits per heavy atom. The molecule has 2 aromatic rings. The van der Waals surface area contributed by atoms with Crippen molar-refractivity contribution in [3.05, 3.63) is 65.1 Å². The molecule has 1 aliphatic rings. The van der Waals surface area contributed by atoms with E-state index in [2.05, 4.69) is 0 Å². The summed E-state index contributed by atoms with van der Waals surface area (Å²) in [5.74, 6) is -1.16. The maximum Gasteiger partial charge on any atom is 0.295 e. The lowest BCUT2D eigenvalue weighted by atomic mass is 9.98. The average molecular weight is 383 g/mol. The minimum Gasteiger partial charge on any atom is -0.507 e. The monoisotopic (exact) mass is 383 g/mol. The minimum atomic E-state index is -0.781. The van der Waals surface area contributed by atoms with Crippen molar-refractivity contribution in [2.45, 2.75) is 39.3 Å². The second-order valence-electron chi connectivity index (χ2n) is 6.98. The van der Waals surface area contributed by atoms with Crippen molar-refractivity contribution in [2.75, 3.05) is 13.2 Å². The van der Waals surface area contributed by atoms with Crippen LogP contribution in [0.3, 0.4) is 0 Å². The molecule has 6 heteroatoms. The molecule has 1 aromatic carbocycles. The summed E-state index contributed by atoms with van der Waals surface area (Å²) in [5.41, 5.74) is 1.64. The molecule has 0 spiro atoms. The van der Waals surface area contributed by atoms with Crippen molar-refractivity contribution in [1.82, 2.24) is 4.90 Å². The van der Waals surface area contributed by atoms with Crippen LogP contribution >= 0.6 is 0 Å². The normalized spacial score (nSPS) is 19.0. The average Bonchev–Trinajstić information content (AvgIpc) is 3.29. The third-order valence-electron chi connectivity index (χ3n) is 4.77. The molecule has 0 aliphatic carbocycles. The summed E-state index contributed by atoms with van der Waals surface area (Å²) in [6.45, 7) is 6.35. The van der Waals surface area contributed by atoms with E-state index in [9.17, 15) is 14.7 Å². The maximum atomic E-state index is 12.8. The standard InChI is InChI=1S/C22H25NO5/c1-4-15-7-9-16(10-8-15)20(24)18-19(17-6-5-12-28-17)23(22(26)21(18)25)11-13-27-14(2)3/h5-10,12,14,19,24H,4,11,13H2,1-3H3/b20-18-. The summed E-state index contributed by atoms with van der Waals surface area (Å²) in [4.78, 5) is 26.8. The molecule has 3 rings (SSSR count). The van der Waals surface area contributed by atoms with Crippen LogP contribution in [0.25, 0.3) is 5.76 Å². The molecule has 2 heterocycles. The Morgan fingerprint density at radius 1 is 1.21 bits per heavy atom. The van der Waals surface area contributed by atoms with Crippen molar-refractivity contribution in [2.24, 2.45) is 0 Å². The third kappa shape index (κ3) is 3.87. The molecule has 0 saturated carbocycles. The van der Waals surface area contributed by atoms with E-state index >= 15 is 0 Å². The third-order valence-corrected chi connectivity index (χ3v) is 4.77. The van der Waals surface area contributed by atoms with Gasteiger partial charge in [-0.25, -0.2) is 0 Å². The molecular weight excluding hydrogens is 358 g/mol. The summed E-state index contributed by atoms with van der Waals surface area (Å²) in [6, 6.07) is 9.89. The summed E-state index contributed by atoms with van der Waals surface area (Å²) >= 11 is 0. The highest BCUT2D eigenvalue weighted by molar-refractivity contribution is 6.46. The summed E-state index contributed by atoms with van der Waals surface area (Å²) in [5, 5.41) is 10.9. The Hall–Kier alpha value is -2.86. The van der Waals surface area contributed by atoms with E-state index in [1.54, 1.807) is 24.3 Å². The smallest absolute Gasteiger partial charge is 0.295 e. The van der Waals surface area contributed by atoms with Crippen molar-refractivity contribution in [3.8, 4) is 0 Å². The van der Waals surface area contributed by atoms with E-state index in [1.165, 1.54) is 11.2 Å². The van der Waals surface area contributed by atoms with Crippen molar-refractivity contribution in [3.63, 3.8) is 0 Å². The van der Waals surface area contributed by atoms with E-state index in [0.29, 0.717) is 11.3 Å². The van der Waals surface area contributed by atoms with Gasteiger partial charge in [0, 0.05) is 12.1 Å². The summed E-state index contributed by atoms with van der Waals surface area (Å²) < 4.78 is 11.0. The Kier molecular flexibility index (Phi) is 5.99. The number of aliphatic hydroxyl groups is 1. The second-order valence-corrected chi connectivity index (χ2v) is 6.98. The van der Waals surface area contributed by atoms with E-state index in [-0.39, 0.29) is 30.6 Å². The molecule has 1 aliphatic heterocycles. The van der Waals surface area contributed by atoms with Crippen LogP contribution in [0.15, 0.2) is 52.7 Å². The van der Waals surface area contributed by atoms with Gasteiger partial charge in [-0.05, 0) is 38.0 Å². The molecule has 1 amide bonds. The molecule has 1 unspecified atom stereocenters. The van der Waals surface area contributed by atoms with Crippen molar-refractivity contribution in [1.29, 1.82) is 0 Å². The highest BCUT2D eigenvalue weighted by Crippen LogP contribution is 2.39.